The van der Waals surface area contributed by atoms with Crippen LogP contribution in [0, 0.1) is 0 Å². The molecular weight excluding hydrogens is 300 g/mol. The molecule has 0 spiro atoms. The number of esters is 2. The van der Waals surface area contributed by atoms with Gasteiger partial charge in [0.1, 0.15) is 11.9 Å². The van der Waals surface area contributed by atoms with E-state index in [1.54, 1.807) is 18.2 Å². The van der Waals surface area contributed by atoms with Gasteiger partial charge in [-0.3, -0.25) is 9.59 Å². The van der Waals surface area contributed by atoms with Gasteiger partial charge in [-0.15, -0.1) is 0 Å². The van der Waals surface area contributed by atoms with Crippen LogP contribution in [0.15, 0.2) is 35.3 Å². The van der Waals surface area contributed by atoms with Crippen LogP contribution in [0.25, 0.3) is 0 Å². The molecule has 0 bridgehead atoms. The Morgan fingerprint density at radius 3 is 2.44 bits per heavy atom. The number of hydrogen-bond acceptors (Lipinski definition) is 4. The van der Waals surface area contributed by atoms with Crippen molar-refractivity contribution < 1.29 is 19.1 Å². The zero-order valence-electron chi connectivity index (χ0n) is 10.1. The molecule has 0 radical (unpaired) electrons. The summed E-state index contributed by atoms with van der Waals surface area (Å²) in [6, 6.07) is 5.05. The summed E-state index contributed by atoms with van der Waals surface area (Å²) in [4.78, 5) is 21.8. The lowest BCUT2D eigenvalue weighted by molar-refractivity contribution is -0.144. The van der Waals surface area contributed by atoms with E-state index in [-0.39, 0.29) is 5.97 Å². The molecule has 0 aromatic heterocycles. The first kappa shape index (κ1) is 14.4. The molecule has 1 rings (SSSR count). The predicted octanol–water partition coefficient (Wildman–Crippen LogP) is 3.16. The number of rotatable bonds is 4. The van der Waals surface area contributed by atoms with Crippen molar-refractivity contribution in [2.45, 2.75) is 20.0 Å². The highest BCUT2D eigenvalue weighted by atomic mass is 79.9. The molecule has 1 aromatic carbocycles. The van der Waals surface area contributed by atoms with Gasteiger partial charge in [0.05, 0.1) is 4.47 Å². The highest BCUT2D eigenvalue weighted by molar-refractivity contribution is 9.10. The largest absolute Gasteiger partial charge is 0.453 e. The van der Waals surface area contributed by atoms with Crippen LogP contribution in [0.4, 0.5) is 0 Å². The van der Waals surface area contributed by atoms with Crippen molar-refractivity contribution in [2.24, 2.45) is 0 Å². The summed E-state index contributed by atoms with van der Waals surface area (Å²) in [5.41, 5.74) is 0.739. The molecular formula is C13H13BrO4. The summed E-state index contributed by atoms with van der Waals surface area (Å²) >= 11 is 3.29. The minimum atomic E-state index is -0.523. The smallest absolute Gasteiger partial charge is 0.308 e. The molecule has 0 N–H and O–H groups in total. The Labute approximate surface area is 114 Å². The van der Waals surface area contributed by atoms with Crippen molar-refractivity contribution in [2.75, 3.05) is 0 Å². The van der Waals surface area contributed by atoms with E-state index in [2.05, 4.69) is 22.5 Å². The molecule has 0 saturated heterocycles. The average molecular weight is 313 g/mol. The third-order valence-electron chi connectivity index (χ3n) is 2.05. The fourth-order valence-electron chi connectivity index (χ4n) is 1.36. The molecule has 18 heavy (non-hydrogen) atoms. The van der Waals surface area contributed by atoms with Crippen molar-refractivity contribution in [1.29, 1.82) is 0 Å². The van der Waals surface area contributed by atoms with Crippen LogP contribution in [0.5, 0.6) is 5.75 Å². The van der Waals surface area contributed by atoms with Crippen LogP contribution < -0.4 is 4.74 Å². The van der Waals surface area contributed by atoms with Gasteiger partial charge >= 0.3 is 11.9 Å². The van der Waals surface area contributed by atoms with Gasteiger partial charge in [0, 0.05) is 13.8 Å². The molecule has 0 aliphatic rings. The van der Waals surface area contributed by atoms with Crippen LogP contribution in [0.2, 0.25) is 0 Å². The second-order valence-electron chi connectivity index (χ2n) is 3.55. The van der Waals surface area contributed by atoms with E-state index in [0.717, 1.165) is 5.56 Å². The van der Waals surface area contributed by atoms with E-state index in [9.17, 15) is 9.59 Å². The highest BCUT2D eigenvalue weighted by Gasteiger charge is 2.13. The Hall–Kier alpha value is -1.62. The first-order chi connectivity index (χ1) is 8.43. The highest BCUT2D eigenvalue weighted by Crippen LogP contribution is 2.30. The maximum Gasteiger partial charge on any atom is 0.308 e. The van der Waals surface area contributed by atoms with E-state index in [1.807, 2.05) is 0 Å². The van der Waals surface area contributed by atoms with E-state index in [4.69, 9.17) is 9.47 Å². The van der Waals surface area contributed by atoms with Crippen molar-refractivity contribution in [3.05, 3.63) is 40.9 Å². The summed E-state index contributed by atoms with van der Waals surface area (Å²) in [6.45, 7) is 6.27. The van der Waals surface area contributed by atoms with Crippen molar-refractivity contribution in [3.63, 3.8) is 0 Å². The summed E-state index contributed by atoms with van der Waals surface area (Å²) in [6.07, 6.45) is 1.000. The molecule has 0 saturated carbocycles. The fourth-order valence-corrected chi connectivity index (χ4v) is 1.84. The Bertz CT molecular complexity index is 482. The van der Waals surface area contributed by atoms with Crippen LogP contribution in [0.3, 0.4) is 0 Å². The average Bonchev–Trinajstić information content (AvgIpc) is 2.28. The summed E-state index contributed by atoms with van der Waals surface area (Å²) in [7, 11) is 0. The van der Waals surface area contributed by atoms with E-state index < -0.39 is 12.1 Å². The molecule has 1 atom stereocenters. The first-order valence-corrected chi connectivity index (χ1v) is 6.01. The molecule has 5 heteroatoms. The summed E-state index contributed by atoms with van der Waals surface area (Å²) in [5, 5.41) is 0. The molecule has 1 aromatic rings. The first-order valence-electron chi connectivity index (χ1n) is 5.21. The van der Waals surface area contributed by atoms with E-state index in [0.29, 0.717) is 10.2 Å². The van der Waals surface area contributed by atoms with Gasteiger partial charge < -0.3 is 9.47 Å². The zero-order valence-corrected chi connectivity index (χ0v) is 11.7. The predicted molar refractivity (Wildman–Crippen MR) is 70.2 cm³/mol. The quantitative estimate of drug-likeness (QED) is 0.487. The lowest BCUT2D eigenvalue weighted by Gasteiger charge is -2.14. The second kappa shape index (κ2) is 6.35. The number of hydrogen-bond donors (Lipinski definition) is 0. The molecule has 0 heterocycles. The summed E-state index contributed by atoms with van der Waals surface area (Å²) < 4.78 is 10.7. The summed E-state index contributed by atoms with van der Waals surface area (Å²) in [5.74, 6) is -0.374. The lowest BCUT2D eigenvalue weighted by Crippen LogP contribution is -2.07. The van der Waals surface area contributed by atoms with Crippen LogP contribution in [-0.2, 0) is 14.3 Å². The van der Waals surface area contributed by atoms with Crippen LogP contribution in [-0.4, -0.2) is 11.9 Å². The van der Waals surface area contributed by atoms with Crippen LogP contribution >= 0.6 is 15.9 Å². The standard InChI is InChI=1S/C13H13BrO4/c1-4-12(17-8(2)15)10-5-6-13(11(14)7-10)18-9(3)16/h4-7,12H,1H2,2-3H3/t12-/m0/s1. The Balaban J connectivity index is 2.98. The molecule has 0 aliphatic heterocycles. The van der Waals surface area contributed by atoms with E-state index >= 15 is 0 Å². The van der Waals surface area contributed by atoms with Gasteiger partial charge in [-0.2, -0.15) is 0 Å². The third-order valence-corrected chi connectivity index (χ3v) is 2.66. The number of halogens is 1. The number of benzene rings is 1. The Morgan fingerprint density at radius 1 is 1.33 bits per heavy atom. The molecule has 0 aliphatic carbocycles. The van der Waals surface area contributed by atoms with Gasteiger partial charge in [-0.25, -0.2) is 0 Å². The minimum absolute atomic E-state index is 0.389. The topological polar surface area (TPSA) is 52.6 Å². The van der Waals surface area contributed by atoms with Crippen molar-refractivity contribution in [1.82, 2.24) is 0 Å². The number of ether oxygens (including phenoxy) is 2. The second-order valence-corrected chi connectivity index (χ2v) is 4.40. The van der Waals surface area contributed by atoms with Crippen molar-refractivity contribution in [3.8, 4) is 5.75 Å². The number of carbonyl (C=O) groups excluding carboxylic acids is 2. The van der Waals surface area contributed by atoms with Crippen molar-refractivity contribution >= 4 is 27.9 Å². The SMILES string of the molecule is C=C[C@H](OC(C)=O)c1ccc(OC(C)=O)c(Br)c1. The monoisotopic (exact) mass is 312 g/mol. The third kappa shape index (κ3) is 4.00. The van der Waals surface area contributed by atoms with E-state index in [1.165, 1.54) is 19.9 Å². The van der Waals surface area contributed by atoms with Gasteiger partial charge in [0.15, 0.2) is 0 Å². The molecule has 0 fully saturated rings. The van der Waals surface area contributed by atoms with Gasteiger partial charge in [0.25, 0.3) is 0 Å². The Morgan fingerprint density at radius 2 is 2.00 bits per heavy atom. The fraction of sp³-hybridized carbons (Fsp3) is 0.231. The molecule has 0 unspecified atom stereocenters. The zero-order chi connectivity index (χ0) is 13.7. The van der Waals surface area contributed by atoms with Gasteiger partial charge in [-0.05, 0) is 39.7 Å². The van der Waals surface area contributed by atoms with Gasteiger partial charge in [0.2, 0.25) is 0 Å². The molecule has 96 valence electrons. The minimum Gasteiger partial charge on any atom is -0.453 e. The maximum absolute atomic E-state index is 10.9. The van der Waals surface area contributed by atoms with Gasteiger partial charge in [-0.1, -0.05) is 12.6 Å². The number of carbonyl (C=O) groups is 2. The van der Waals surface area contributed by atoms with Crippen LogP contribution in [0.1, 0.15) is 25.5 Å². The lowest BCUT2D eigenvalue weighted by atomic mass is 10.1. The normalized spacial score (nSPS) is 11.5. The molecule has 4 nitrogen and oxygen atoms in total. The molecule has 0 amide bonds. The maximum atomic E-state index is 10.9. The Kier molecular flexibility index (Phi) is 5.09.